The molecule has 1 aromatic heterocycles. The number of nitrogens with one attached hydrogen (secondary N) is 1. The molecule has 0 amide bonds. The summed E-state index contributed by atoms with van der Waals surface area (Å²) in [7, 11) is 1.99. The lowest BCUT2D eigenvalue weighted by Gasteiger charge is -2.25. The Kier molecular flexibility index (Phi) is 4.39. The molecule has 1 aliphatic heterocycles. The normalized spacial score (nSPS) is 15.1. The molecule has 0 bridgehead atoms. The molecule has 1 aromatic carbocycles. The summed E-state index contributed by atoms with van der Waals surface area (Å²) in [5.74, 6) is 1.17. The monoisotopic (exact) mass is 246 g/mol. The smallest absolute Gasteiger partial charge is 0.134 e. The fraction of sp³-hybridized carbons (Fsp3) is 0.467. The second kappa shape index (κ2) is 6.03. The number of para-hydroxylation sites is 1. The van der Waals surface area contributed by atoms with Gasteiger partial charge in [-0.25, -0.2) is 0 Å². The van der Waals surface area contributed by atoms with Crippen LogP contribution >= 0.6 is 0 Å². The van der Waals surface area contributed by atoms with Gasteiger partial charge in [0.1, 0.15) is 11.3 Å². The van der Waals surface area contributed by atoms with Crippen LogP contribution in [-0.2, 0) is 13.0 Å². The van der Waals surface area contributed by atoms with E-state index in [1.165, 1.54) is 16.7 Å². The minimum absolute atomic E-state index is 0.943. The summed E-state index contributed by atoms with van der Waals surface area (Å²) in [6, 6.07) is 8.31. The summed E-state index contributed by atoms with van der Waals surface area (Å²) >= 11 is 0. The highest BCUT2D eigenvalue weighted by molar-refractivity contribution is 5.82. The van der Waals surface area contributed by atoms with Crippen molar-refractivity contribution in [3.63, 3.8) is 0 Å². The van der Waals surface area contributed by atoms with Gasteiger partial charge < -0.3 is 9.73 Å². The Hall–Kier alpha value is -1.32. The number of nitrogens with zero attached hydrogens (tertiary/aromatic N) is 1. The average Bonchev–Trinajstić information content (AvgIpc) is 2.80. The highest BCUT2D eigenvalue weighted by Gasteiger charge is 2.21. The second-order valence-electron chi connectivity index (χ2n) is 4.31. The highest BCUT2D eigenvalue weighted by Crippen LogP contribution is 2.29. The third-order valence-corrected chi connectivity index (χ3v) is 3.20. The molecule has 98 valence electrons. The number of hydrogen-bond acceptors (Lipinski definition) is 3. The molecule has 0 radical (unpaired) electrons. The van der Waals surface area contributed by atoms with Crippen molar-refractivity contribution in [1.29, 1.82) is 0 Å². The molecule has 0 saturated heterocycles. The average molecular weight is 246 g/mol. The van der Waals surface area contributed by atoms with E-state index < -0.39 is 0 Å². The van der Waals surface area contributed by atoms with E-state index in [2.05, 4.69) is 28.4 Å². The van der Waals surface area contributed by atoms with Gasteiger partial charge in [-0.1, -0.05) is 32.0 Å². The van der Waals surface area contributed by atoms with Gasteiger partial charge in [0.25, 0.3) is 0 Å². The van der Waals surface area contributed by atoms with E-state index in [1.54, 1.807) is 0 Å². The van der Waals surface area contributed by atoms with Crippen molar-refractivity contribution in [1.82, 2.24) is 10.2 Å². The van der Waals surface area contributed by atoms with Crippen LogP contribution in [-0.4, -0.2) is 25.2 Å². The van der Waals surface area contributed by atoms with Crippen LogP contribution in [0.4, 0.5) is 0 Å². The zero-order chi connectivity index (χ0) is 13.0. The predicted octanol–water partition coefficient (Wildman–Crippen LogP) is 2.99. The third-order valence-electron chi connectivity index (χ3n) is 3.20. The molecule has 1 aliphatic rings. The van der Waals surface area contributed by atoms with E-state index in [0.717, 1.165) is 31.8 Å². The summed E-state index contributed by atoms with van der Waals surface area (Å²) in [6.07, 6.45) is 1.02. The van der Waals surface area contributed by atoms with Crippen molar-refractivity contribution in [3.05, 3.63) is 35.6 Å². The minimum atomic E-state index is 0.943. The molecule has 0 saturated carbocycles. The van der Waals surface area contributed by atoms with E-state index in [-0.39, 0.29) is 0 Å². The minimum Gasteiger partial charge on any atom is -0.461 e. The van der Waals surface area contributed by atoms with Crippen LogP contribution < -0.4 is 5.32 Å². The standard InChI is InChI=1S/C13H16N2O.C2H6/c1-14-9-15-7-6-13-11(8-15)10-4-2-3-5-12(10)16-13;1-2/h2-5,14H,6-9H2,1H3;1-2H3. The molecule has 0 atom stereocenters. The van der Waals surface area contributed by atoms with Crippen LogP contribution in [0.25, 0.3) is 11.0 Å². The maximum atomic E-state index is 5.87. The molecule has 0 unspecified atom stereocenters. The number of rotatable bonds is 2. The number of fused-ring (bicyclic) bond motifs is 3. The molecule has 2 heterocycles. The van der Waals surface area contributed by atoms with Gasteiger partial charge in [0, 0.05) is 37.1 Å². The first-order valence-corrected chi connectivity index (χ1v) is 6.74. The van der Waals surface area contributed by atoms with E-state index in [9.17, 15) is 0 Å². The summed E-state index contributed by atoms with van der Waals surface area (Å²) < 4.78 is 5.87. The Morgan fingerprint density at radius 3 is 2.83 bits per heavy atom. The molecule has 3 heteroatoms. The Morgan fingerprint density at radius 2 is 2.06 bits per heavy atom. The molecular formula is C15H22N2O. The van der Waals surface area contributed by atoms with Gasteiger partial charge in [-0.2, -0.15) is 0 Å². The summed E-state index contributed by atoms with van der Waals surface area (Å²) in [6.45, 7) is 7.01. The van der Waals surface area contributed by atoms with Crippen molar-refractivity contribution in [2.75, 3.05) is 20.3 Å². The number of benzene rings is 1. The van der Waals surface area contributed by atoms with Crippen molar-refractivity contribution in [3.8, 4) is 0 Å². The SMILES string of the molecule is CC.CNCN1CCc2oc3ccccc3c2C1. The number of furan rings is 1. The molecule has 0 spiro atoms. The number of hydrogen-bond donors (Lipinski definition) is 1. The Labute approximate surface area is 109 Å². The Bertz CT molecular complexity index is 504. The van der Waals surface area contributed by atoms with E-state index in [1.807, 2.05) is 27.0 Å². The van der Waals surface area contributed by atoms with E-state index in [4.69, 9.17) is 4.42 Å². The van der Waals surface area contributed by atoms with Crippen LogP contribution in [0, 0.1) is 0 Å². The van der Waals surface area contributed by atoms with Gasteiger partial charge in [-0.05, 0) is 13.1 Å². The van der Waals surface area contributed by atoms with Gasteiger partial charge in [0.05, 0.1) is 0 Å². The van der Waals surface area contributed by atoms with Crippen LogP contribution in [0.2, 0.25) is 0 Å². The lowest BCUT2D eigenvalue weighted by Crippen LogP contribution is -2.36. The molecule has 1 N–H and O–H groups in total. The van der Waals surface area contributed by atoms with Crippen molar-refractivity contribution in [2.24, 2.45) is 0 Å². The Balaban J connectivity index is 0.000000574. The van der Waals surface area contributed by atoms with Crippen LogP contribution in [0.5, 0.6) is 0 Å². The predicted molar refractivity (Wildman–Crippen MR) is 75.6 cm³/mol. The van der Waals surface area contributed by atoms with Gasteiger partial charge in [-0.3, -0.25) is 4.90 Å². The van der Waals surface area contributed by atoms with E-state index >= 15 is 0 Å². The van der Waals surface area contributed by atoms with Gasteiger partial charge in [0.2, 0.25) is 0 Å². The van der Waals surface area contributed by atoms with Crippen molar-refractivity contribution >= 4 is 11.0 Å². The quantitative estimate of drug-likeness (QED) is 0.883. The first-order valence-electron chi connectivity index (χ1n) is 6.74. The van der Waals surface area contributed by atoms with Gasteiger partial charge in [-0.15, -0.1) is 0 Å². The zero-order valence-electron chi connectivity index (χ0n) is 11.5. The van der Waals surface area contributed by atoms with Crippen molar-refractivity contribution < 1.29 is 4.42 Å². The fourth-order valence-electron chi connectivity index (χ4n) is 2.45. The van der Waals surface area contributed by atoms with Gasteiger partial charge >= 0.3 is 0 Å². The van der Waals surface area contributed by atoms with Crippen LogP contribution in [0.1, 0.15) is 25.2 Å². The largest absolute Gasteiger partial charge is 0.461 e. The zero-order valence-corrected chi connectivity index (χ0v) is 11.5. The van der Waals surface area contributed by atoms with Crippen molar-refractivity contribution in [2.45, 2.75) is 26.8 Å². The first kappa shape index (κ1) is 13.1. The summed E-state index contributed by atoms with van der Waals surface area (Å²) in [5.41, 5.74) is 2.40. The summed E-state index contributed by atoms with van der Waals surface area (Å²) in [5, 5.41) is 4.48. The first-order chi connectivity index (χ1) is 8.88. The Morgan fingerprint density at radius 1 is 1.28 bits per heavy atom. The molecule has 0 aliphatic carbocycles. The lowest BCUT2D eigenvalue weighted by atomic mass is 10.1. The topological polar surface area (TPSA) is 28.4 Å². The lowest BCUT2D eigenvalue weighted by molar-refractivity contribution is 0.232. The molecular weight excluding hydrogens is 224 g/mol. The molecule has 3 nitrogen and oxygen atoms in total. The molecule has 2 aromatic rings. The molecule has 0 fully saturated rings. The maximum absolute atomic E-state index is 5.87. The van der Waals surface area contributed by atoms with Crippen LogP contribution in [0.15, 0.2) is 28.7 Å². The van der Waals surface area contributed by atoms with E-state index in [0.29, 0.717) is 0 Å². The fourth-order valence-corrected chi connectivity index (χ4v) is 2.45. The van der Waals surface area contributed by atoms with Gasteiger partial charge in [0.15, 0.2) is 0 Å². The molecule has 18 heavy (non-hydrogen) atoms. The summed E-state index contributed by atoms with van der Waals surface area (Å²) in [4.78, 5) is 2.41. The second-order valence-corrected chi connectivity index (χ2v) is 4.31. The third kappa shape index (κ3) is 2.42. The highest BCUT2D eigenvalue weighted by atomic mass is 16.3. The molecule has 3 rings (SSSR count). The maximum Gasteiger partial charge on any atom is 0.134 e. The van der Waals surface area contributed by atoms with Crippen LogP contribution in [0.3, 0.4) is 0 Å².